The number of para-hydroxylation sites is 6. The van der Waals surface area contributed by atoms with E-state index in [1.54, 1.807) is 0 Å². The van der Waals surface area contributed by atoms with Crippen molar-refractivity contribution in [1.29, 1.82) is 0 Å². The van der Waals surface area contributed by atoms with Gasteiger partial charge in [-0.1, -0.05) is 121 Å². The molecule has 0 saturated heterocycles. The van der Waals surface area contributed by atoms with E-state index >= 15 is 0 Å². The molecule has 3 aromatic heterocycles. The van der Waals surface area contributed by atoms with Gasteiger partial charge in [0, 0.05) is 38.2 Å². The maximum absolute atomic E-state index is 8.41. The minimum atomic E-state index is 0.556. The van der Waals surface area contributed by atoms with Gasteiger partial charge >= 0.3 is 0 Å². The van der Waals surface area contributed by atoms with Crippen LogP contribution in [0.2, 0.25) is 0 Å². The summed E-state index contributed by atoms with van der Waals surface area (Å²) < 4.78 is 7.02. The van der Waals surface area contributed by atoms with E-state index in [9.17, 15) is 0 Å². The van der Waals surface area contributed by atoms with Crippen LogP contribution < -0.4 is 0 Å². The molecule has 0 aliphatic heterocycles. The van der Waals surface area contributed by atoms with E-state index < -0.39 is 0 Å². The lowest BCUT2D eigenvalue weighted by atomic mass is 9.99. The summed E-state index contributed by atoms with van der Waals surface area (Å²) >= 11 is 0. The lowest BCUT2D eigenvalue weighted by Crippen LogP contribution is -2.01. The maximum atomic E-state index is 8.41. The molecule has 0 atom stereocenters. The molecular weight excluding hydrogens is 671 g/mol. The first kappa shape index (κ1) is 30.7. The fourth-order valence-electron chi connectivity index (χ4n) is 8.86. The average molecular weight is 700 g/mol. The molecule has 0 amide bonds. The van der Waals surface area contributed by atoms with Gasteiger partial charge in [0.2, 0.25) is 5.69 Å². The summed E-state index contributed by atoms with van der Waals surface area (Å²) in [6, 6.07) is 61.3. The molecule has 0 saturated carbocycles. The molecule has 0 aliphatic carbocycles. The molecule has 0 radical (unpaired) electrons. The third-order valence-electron chi connectivity index (χ3n) is 11.1. The van der Waals surface area contributed by atoms with E-state index in [0.717, 1.165) is 61.0 Å². The molecule has 0 fully saturated rings. The minimum absolute atomic E-state index is 0.556. The zero-order valence-corrected chi connectivity index (χ0v) is 29.5. The number of hydrogen-bond acceptors (Lipinski definition) is 0. The van der Waals surface area contributed by atoms with Crippen molar-refractivity contribution in [3.05, 3.63) is 199 Å². The Morgan fingerprint density at radius 3 is 1.75 bits per heavy atom. The van der Waals surface area contributed by atoms with Gasteiger partial charge in [0.05, 0.1) is 57.6 Å². The SMILES string of the molecule is [C-]#[N+]c1ccc2c(c1)c1ccccc1n2-c1c([N+]#[C-])cccc1-c1ccccc1-n1c2ccccc2c2c1ccc1c3ccccc3n(-c3ccccc3)c12. The third kappa shape index (κ3) is 4.33. The Bertz CT molecular complexity index is 3450. The van der Waals surface area contributed by atoms with Gasteiger partial charge in [-0.2, -0.15) is 0 Å². The van der Waals surface area contributed by atoms with Crippen LogP contribution in [0.15, 0.2) is 176 Å². The Hall–Kier alpha value is -7.86. The Labute approximate surface area is 316 Å². The molecule has 254 valence electrons. The molecule has 0 bridgehead atoms. The minimum Gasteiger partial charge on any atom is -0.318 e. The standard InChI is InChI=1S/C50H29N5/c1-51-32-27-29-46-40(31-32)36-19-8-12-25-44(36)55(46)49-37(21-14-22-41(49)52-2)34-17-7-11-24-43(34)54-45-26-13-9-20-39(45)48-47(54)30-28-38-35-18-6-10-23-42(35)53(50(38)48)33-15-4-3-5-16-33/h3-31H. The van der Waals surface area contributed by atoms with Gasteiger partial charge in [-0.05, 0) is 65.5 Å². The summed E-state index contributed by atoms with van der Waals surface area (Å²) in [6.07, 6.45) is 0. The van der Waals surface area contributed by atoms with Gasteiger partial charge in [-0.25, -0.2) is 9.69 Å². The molecule has 0 aliphatic rings. The molecule has 0 N–H and O–H groups in total. The lowest BCUT2D eigenvalue weighted by molar-refractivity contribution is 1.16. The highest BCUT2D eigenvalue weighted by Gasteiger charge is 2.24. The predicted molar refractivity (Wildman–Crippen MR) is 227 cm³/mol. The highest BCUT2D eigenvalue weighted by molar-refractivity contribution is 6.26. The van der Waals surface area contributed by atoms with E-state index in [1.165, 1.54) is 32.6 Å². The zero-order chi connectivity index (χ0) is 36.6. The van der Waals surface area contributed by atoms with E-state index in [0.29, 0.717) is 11.4 Å². The van der Waals surface area contributed by atoms with Crippen molar-refractivity contribution in [2.24, 2.45) is 0 Å². The van der Waals surface area contributed by atoms with Crippen LogP contribution in [0, 0.1) is 13.1 Å². The molecule has 5 heteroatoms. The summed E-state index contributed by atoms with van der Waals surface area (Å²) in [5.41, 5.74) is 12.6. The molecule has 0 spiro atoms. The van der Waals surface area contributed by atoms with Crippen molar-refractivity contribution in [2.75, 3.05) is 0 Å². The number of fused-ring (bicyclic) bond motifs is 10. The predicted octanol–water partition coefficient (Wildman–Crippen LogP) is 13.7. The van der Waals surface area contributed by atoms with Crippen LogP contribution in [0.5, 0.6) is 0 Å². The van der Waals surface area contributed by atoms with Crippen LogP contribution in [0.25, 0.3) is 103 Å². The molecule has 3 heterocycles. The molecule has 11 aromatic rings. The summed E-state index contributed by atoms with van der Waals surface area (Å²) in [5, 5.41) is 6.83. The van der Waals surface area contributed by atoms with Gasteiger partial charge in [0.25, 0.3) is 0 Å². The highest BCUT2D eigenvalue weighted by Crippen LogP contribution is 2.46. The van der Waals surface area contributed by atoms with Crippen LogP contribution >= 0.6 is 0 Å². The maximum Gasteiger partial charge on any atom is 0.211 e. The van der Waals surface area contributed by atoms with Crippen LogP contribution in [0.4, 0.5) is 11.4 Å². The van der Waals surface area contributed by atoms with Crippen molar-refractivity contribution in [3.8, 4) is 28.2 Å². The van der Waals surface area contributed by atoms with Crippen molar-refractivity contribution < 1.29 is 0 Å². The molecule has 11 rings (SSSR count). The number of rotatable bonds is 4. The van der Waals surface area contributed by atoms with Crippen LogP contribution in [0.3, 0.4) is 0 Å². The number of hydrogen-bond donors (Lipinski definition) is 0. The van der Waals surface area contributed by atoms with E-state index in [4.69, 9.17) is 13.1 Å². The van der Waals surface area contributed by atoms with Gasteiger partial charge in [0.15, 0.2) is 5.69 Å². The normalized spacial score (nSPS) is 11.6. The van der Waals surface area contributed by atoms with E-state index in [1.807, 2.05) is 42.5 Å². The topological polar surface area (TPSA) is 23.5 Å². The fraction of sp³-hybridized carbons (Fsp3) is 0. The monoisotopic (exact) mass is 699 g/mol. The number of nitrogens with zero attached hydrogens (tertiary/aromatic N) is 5. The summed E-state index contributed by atoms with van der Waals surface area (Å²) in [7, 11) is 0. The summed E-state index contributed by atoms with van der Waals surface area (Å²) in [5.74, 6) is 0. The molecule has 8 aromatic carbocycles. The molecular formula is C50H29N5. The van der Waals surface area contributed by atoms with E-state index in [-0.39, 0.29) is 0 Å². The molecule has 0 unspecified atom stereocenters. The van der Waals surface area contributed by atoms with Gasteiger partial charge in [-0.15, -0.1) is 0 Å². The Kier molecular flexibility index (Phi) is 6.61. The summed E-state index contributed by atoms with van der Waals surface area (Å²) in [6.45, 7) is 16.1. The largest absolute Gasteiger partial charge is 0.318 e. The van der Waals surface area contributed by atoms with Gasteiger partial charge in [0.1, 0.15) is 0 Å². The quantitative estimate of drug-likeness (QED) is 0.163. The second-order valence-electron chi connectivity index (χ2n) is 13.9. The van der Waals surface area contributed by atoms with E-state index in [2.05, 4.69) is 157 Å². The Balaban J connectivity index is 1.26. The van der Waals surface area contributed by atoms with Gasteiger partial charge < -0.3 is 13.7 Å². The summed E-state index contributed by atoms with van der Waals surface area (Å²) in [4.78, 5) is 7.86. The van der Waals surface area contributed by atoms with Gasteiger partial charge in [-0.3, -0.25) is 0 Å². The van der Waals surface area contributed by atoms with Crippen molar-refractivity contribution in [1.82, 2.24) is 13.7 Å². The van der Waals surface area contributed by atoms with Crippen molar-refractivity contribution in [2.45, 2.75) is 0 Å². The van der Waals surface area contributed by atoms with Crippen LogP contribution in [0.1, 0.15) is 0 Å². The highest BCUT2D eigenvalue weighted by atomic mass is 15.0. The van der Waals surface area contributed by atoms with Crippen molar-refractivity contribution >= 4 is 76.8 Å². The second-order valence-corrected chi connectivity index (χ2v) is 13.9. The number of aromatic nitrogens is 3. The van der Waals surface area contributed by atoms with Crippen LogP contribution in [-0.2, 0) is 0 Å². The Morgan fingerprint density at radius 1 is 0.382 bits per heavy atom. The zero-order valence-electron chi connectivity index (χ0n) is 29.5. The first-order valence-electron chi connectivity index (χ1n) is 18.3. The van der Waals surface area contributed by atoms with Crippen molar-refractivity contribution in [3.63, 3.8) is 0 Å². The third-order valence-corrected chi connectivity index (χ3v) is 11.1. The second kappa shape index (κ2) is 11.8. The first-order valence-corrected chi connectivity index (χ1v) is 18.3. The van der Waals surface area contributed by atoms with Crippen LogP contribution in [-0.4, -0.2) is 13.7 Å². The average Bonchev–Trinajstić information content (AvgIpc) is 3.89. The number of benzene rings is 8. The lowest BCUT2D eigenvalue weighted by Gasteiger charge is -2.19. The Morgan fingerprint density at radius 2 is 0.982 bits per heavy atom. The molecule has 5 nitrogen and oxygen atoms in total. The fourth-order valence-corrected chi connectivity index (χ4v) is 8.86. The molecule has 55 heavy (non-hydrogen) atoms. The first-order chi connectivity index (χ1) is 27.2. The smallest absolute Gasteiger partial charge is 0.211 e.